The number of hydrogen-bond acceptors (Lipinski definition) is 0. The molecule has 4 aromatic rings. The van der Waals surface area contributed by atoms with Gasteiger partial charge in [0.2, 0.25) is 0 Å². The molecule has 42 heavy (non-hydrogen) atoms. The Morgan fingerprint density at radius 1 is 0.381 bits per heavy atom. The van der Waals surface area contributed by atoms with Gasteiger partial charge in [0, 0.05) is 10.2 Å². The van der Waals surface area contributed by atoms with Gasteiger partial charge in [0.15, 0.2) is 0 Å². The lowest BCUT2D eigenvalue weighted by Gasteiger charge is -2.19. The van der Waals surface area contributed by atoms with E-state index in [2.05, 4.69) is 138 Å². The van der Waals surface area contributed by atoms with Crippen LogP contribution in [0.4, 0.5) is 0 Å². The largest absolute Gasteiger partial charge is 0.0617 e. The summed E-state index contributed by atoms with van der Waals surface area (Å²) in [4.78, 5) is 1.63. The molecule has 224 valence electrons. The first kappa shape index (κ1) is 33.3. The van der Waals surface area contributed by atoms with Crippen molar-refractivity contribution in [1.82, 2.24) is 0 Å². The maximum Gasteiger partial charge on any atom is 0.0192 e. The van der Waals surface area contributed by atoms with Crippen molar-refractivity contribution in [2.45, 2.75) is 119 Å². The van der Waals surface area contributed by atoms with Gasteiger partial charge in [0.1, 0.15) is 0 Å². The molecule has 0 saturated heterocycles. The van der Waals surface area contributed by atoms with Crippen LogP contribution in [0, 0.1) is 4.94 Å². The first-order chi connectivity index (χ1) is 19.8. The van der Waals surface area contributed by atoms with Crippen LogP contribution >= 0.6 is 25.4 Å². The molecule has 0 aromatic heterocycles. The predicted molar refractivity (Wildman–Crippen MR) is 198 cm³/mol. The molecule has 0 N–H and O–H groups in total. The molecule has 4 rings (SSSR count). The van der Waals surface area contributed by atoms with Crippen LogP contribution in [-0.2, 0) is 0 Å². The van der Waals surface area contributed by atoms with E-state index in [9.17, 15) is 0 Å². The second-order valence-corrected chi connectivity index (χ2v) is 17.4. The van der Waals surface area contributed by atoms with Crippen molar-refractivity contribution >= 4 is 51.9 Å². The van der Waals surface area contributed by atoms with Gasteiger partial charge >= 0.3 is 0 Å². The van der Waals surface area contributed by atoms with E-state index in [1.807, 2.05) is 0 Å². The molecule has 0 fully saturated rings. The first-order valence-corrected chi connectivity index (χ1v) is 19.0. The summed E-state index contributed by atoms with van der Waals surface area (Å²) in [5.74, 6) is 3.15. The van der Waals surface area contributed by atoms with Crippen LogP contribution in [0.5, 0.6) is 0 Å². The molecular formula is C39H53P3. The smallest absolute Gasteiger partial charge is 0.0192 e. The molecule has 3 heteroatoms. The summed E-state index contributed by atoms with van der Waals surface area (Å²) in [7, 11) is 2.87. The van der Waals surface area contributed by atoms with Gasteiger partial charge in [-0.3, -0.25) is 0 Å². The average molecular weight is 615 g/mol. The van der Waals surface area contributed by atoms with Gasteiger partial charge < -0.3 is 0 Å². The molecule has 0 heterocycles. The Labute approximate surface area is 262 Å². The van der Waals surface area contributed by atoms with E-state index in [4.69, 9.17) is 0 Å². The third kappa shape index (κ3) is 7.21. The minimum Gasteiger partial charge on any atom is -0.0617 e. The Morgan fingerprint density at radius 3 is 0.905 bits per heavy atom. The van der Waals surface area contributed by atoms with Gasteiger partial charge in [-0.2, -0.15) is 0 Å². The molecule has 0 radical (unpaired) electrons. The van der Waals surface area contributed by atoms with Crippen molar-refractivity contribution in [3.63, 3.8) is 0 Å². The van der Waals surface area contributed by atoms with E-state index in [-0.39, 0.29) is 0 Å². The molecule has 0 amide bonds. The van der Waals surface area contributed by atoms with Gasteiger partial charge in [-0.05, 0) is 90.1 Å². The SMILES string of the molecule is CC(C)c1cccc(C(C)C)c1P=c1c(Pc2c(C(C)C)cccc2C(C)C)c1Pc1c(C(C)C)cccc1C(C)C. The highest BCUT2D eigenvalue weighted by molar-refractivity contribution is 7.65. The maximum absolute atomic E-state index is 2.39. The van der Waals surface area contributed by atoms with Crippen LogP contribution in [0.3, 0.4) is 0 Å². The third-order valence-electron chi connectivity index (χ3n) is 8.47. The monoisotopic (exact) mass is 614 g/mol. The van der Waals surface area contributed by atoms with Crippen LogP contribution < -0.4 is 26.5 Å². The summed E-state index contributed by atoms with van der Waals surface area (Å²) >= 11 is 0. The number of benzene rings is 3. The average Bonchev–Trinajstić information content (AvgIpc) is 3.56. The third-order valence-corrected chi connectivity index (χ3v) is 13.7. The molecule has 0 nitrogen and oxygen atoms in total. The zero-order valence-corrected chi connectivity index (χ0v) is 31.0. The van der Waals surface area contributed by atoms with Gasteiger partial charge in [-0.25, -0.2) is 0 Å². The molecule has 0 spiro atoms. The van der Waals surface area contributed by atoms with Crippen LogP contribution in [0.2, 0.25) is 0 Å². The molecule has 2 atom stereocenters. The van der Waals surface area contributed by atoms with Gasteiger partial charge in [0.25, 0.3) is 0 Å². The summed E-state index contributed by atoms with van der Waals surface area (Å²) < 4.78 is 0. The fourth-order valence-corrected chi connectivity index (χ4v) is 12.3. The second kappa shape index (κ2) is 14.0. The van der Waals surface area contributed by atoms with Crippen molar-refractivity contribution in [3.05, 3.63) is 92.9 Å². The molecule has 0 aliphatic carbocycles. The maximum atomic E-state index is 2.39. The highest BCUT2D eigenvalue weighted by atomic mass is 31.1. The summed E-state index contributed by atoms with van der Waals surface area (Å²) in [5.41, 5.74) is 9.18. The molecule has 4 aromatic carbocycles. The first-order valence-electron chi connectivity index (χ1n) is 16.1. The Hall–Kier alpha value is -1.57. The zero-order valence-electron chi connectivity index (χ0n) is 28.1. The highest BCUT2D eigenvalue weighted by Crippen LogP contribution is 2.35. The standard InChI is InChI=1S/C39H53P3/c1-22(2)28-16-13-17-29(23(3)4)34(28)40-37-38(41-35-30(24(5)6)18-14-19-31(35)25(7)8)39(37)42-36-32(26(9)10)20-15-21-33(36)27(11)12/h13-27,40-41H,1-12H3. The minimum atomic E-state index is 0.519. The van der Waals surface area contributed by atoms with Gasteiger partial charge in [-0.15, -0.1) is 0 Å². The molecule has 0 aliphatic heterocycles. The Balaban J connectivity index is 1.97. The lowest BCUT2D eigenvalue weighted by atomic mass is 9.95. The topological polar surface area (TPSA) is 0 Å². The van der Waals surface area contributed by atoms with Crippen molar-refractivity contribution in [1.29, 1.82) is 0 Å². The zero-order chi connectivity index (χ0) is 30.9. The predicted octanol–water partition coefficient (Wildman–Crippen LogP) is 10.4. The van der Waals surface area contributed by atoms with E-state index in [1.54, 1.807) is 31.5 Å². The van der Waals surface area contributed by atoms with E-state index < -0.39 is 0 Å². The molecule has 0 bridgehead atoms. The fourth-order valence-electron chi connectivity index (χ4n) is 5.93. The van der Waals surface area contributed by atoms with E-state index in [0.717, 1.165) is 17.2 Å². The van der Waals surface area contributed by atoms with Crippen LogP contribution in [0.15, 0.2) is 54.6 Å². The fraction of sp³-hybridized carbons (Fsp3) is 0.462. The molecule has 0 saturated carbocycles. The quantitative estimate of drug-likeness (QED) is 0.148. The number of hydrogen-bond donors (Lipinski definition) is 0. The Kier molecular flexibility index (Phi) is 11.1. The summed E-state index contributed by atoms with van der Waals surface area (Å²) in [6.45, 7) is 28.3. The highest BCUT2D eigenvalue weighted by Gasteiger charge is 2.27. The van der Waals surface area contributed by atoms with Crippen molar-refractivity contribution in [2.24, 2.45) is 0 Å². The van der Waals surface area contributed by atoms with Crippen molar-refractivity contribution in [2.75, 3.05) is 0 Å². The van der Waals surface area contributed by atoms with Crippen LogP contribution in [0.25, 0.3) is 0 Å². The summed E-state index contributed by atoms with van der Waals surface area (Å²) in [6.07, 6.45) is 0. The second-order valence-electron chi connectivity index (χ2n) is 13.8. The van der Waals surface area contributed by atoms with E-state index in [0.29, 0.717) is 35.5 Å². The van der Waals surface area contributed by atoms with Crippen LogP contribution in [-0.4, -0.2) is 0 Å². The molecular weight excluding hydrogens is 561 g/mol. The van der Waals surface area contributed by atoms with E-state index in [1.165, 1.54) is 41.6 Å². The van der Waals surface area contributed by atoms with Gasteiger partial charge in [0.05, 0.1) is 0 Å². The minimum absolute atomic E-state index is 0.519. The lowest BCUT2D eigenvalue weighted by Crippen LogP contribution is -2.17. The summed E-state index contributed by atoms with van der Waals surface area (Å²) in [5, 5.41) is 8.08. The number of rotatable bonds is 11. The molecule has 2 unspecified atom stereocenters. The summed E-state index contributed by atoms with van der Waals surface area (Å²) in [6, 6.07) is 21.1. The molecule has 0 aliphatic rings. The normalized spacial score (nSPS) is 13.1. The Bertz CT molecular complexity index is 1380. The van der Waals surface area contributed by atoms with E-state index >= 15 is 0 Å². The Morgan fingerprint density at radius 2 is 0.643 bits per heavy atom. The van der Waals surface area contributed by atoms with Crippen molar-refractivity contribution in [3.8, 4) is 0 Å². The van der Waals surface area contributed by atoms with Crippen LogP contribution in [0.1, 0.15) is 152 Å². The van der Waals surface area contributed by atoms with Gasteiger partial charge in [-0.1, -0.05) is 163 Å². The van der Waals surface area contributed by atoms with Crippen molar-refractivity contribution < 1.29 is 0 Å². The lowest BCUT2D eigenvalue weighted by molar-refractivity contribution is 0.846.